The molecule has 0 aromatic rings. The molecule has 0 aromatic heterocycles. The topological polar surface area (TPSA) is 66.8 Å². The summed E-state index contributed by atoms with van der Waals surface area (Å²) >= 11 is 0. The molecular weight excluding hydrogens is 124 g/mol. The second kappa shape index (κ2) is 2.80. The van der Waals surface area contributed by atoms with Crippen molar-refractivity contribution in [2.75, 3.05) is 6.61 Å². The molecule has 0 fully saturated rings. The van der Waals surface area contributed by atoms with Crippen molar-refractivity contribution in [3.63, 3.8) is 0 Å². The zero-order valence-corrected chi connectivity index (χ0v) is 5.42. The minimum Gasteiger partial charge on any atom is -0.480 e. The van der Waals surface area contributed by atoms with Gasteiger partial charge in [0.1, 0.15) is 6.61 Å². The van der Waals surface area contributed by atoms with Gasteiger partial charge in [-0.15, -0.1) is 0 Å². The summed E-state index contributed by atoms with van der Waals surface area (Å²) in [5.74, 6) is -2.43. The molecule has 0 saturated carbocycles. The number of rotatable bonds is 3. The fourth-order valence-corrected chi connectivity index (χ4v) is 0.238. The van der Waals surface area contributed by atoms with E-state index in [0.717, 1.165) is 0 Å². The summed E-state index contributed by atoms with van der Waals surface area (Å²) in [5.41, 5.74) is 0. The van der Waals surface area contributed by atoms with E-state index in [1.54, 1.807) is 0 Å². The van der Waals surface area contributed by atoms with Crippen molar-refractivity contribution in [1.29, 1.82) is 0 Å². The molecule has 0 bridgehead atoms. The maximum atomic E-state index is 9.81. The largest absolute Gasteiger partial charge is 0.480 e. The van der Waals surface area contributed by atoms with Crippen LogP contribution in [-0.2, 0) is 9.53 Å². The standard InChI is InChI=1S/C5H10O4/c1-5(2,8)9-3-4(6)7/h8H,3H2,1-2H3,(H,6,7). The molecule has 0 aliphatic heterocycles. The van der Waals surface area contributed by atoms with Gasteiger partial charge in [0.2, 0.25) is 0 Å². The molecule has 0 atom stereocenters. The Labute approximate surface area is 53.1 Å². The molecule has 54 valence electrons. The minimum absolute atomic E-state index is 0.469. The third-order valence-electron chi connectivity index (χ3n) is 0.549. The molecule has 0 spiro atoms. The van der Waals surface area contributed by atoms with Gasteiger partial charge in [-0.25, -0.2) is 4.79 Å². The third kappa shape index (κ3) is 7.39. The van der Waals surface area contributed by atoms with Crippen molar-refractivity contribution in [1.82, 2.24) is 0 Å². The predicted molar refractivity (Wildman–Crippen MR) is 29.9 cm³/mol. The monoisotopic (exact) mass is 134 g/mol. The van der Waals surface area contributed by atoms with E-state index in [1.165, 1.54) is 13.8 Å². The summed E-state index contributed by atoms with van der Waals surface area (Å²) in [4.78, 5) is 9.81. The van der Waals surface area contributed by atoms with Crippen LogP contribution in [0.5, 0.6) is 0 Å². The van der Waals surface area contributed by atoms with Crippen LogP contribution >= 0.6 is 0 Å². The molecule has 9 heavy (non-hydrogen) atoms. The van der Waals surface area contributed by atoms with Crippen molar-refractivity contribution < 1.29 is 19.7 Å². The number of ether oxygens (including phenoxy) is 1. The van der Waals surface area contributed by atoms with Gasteiger partial charge in [-0.3, -0.25) is 0 Å². The second-order valence-corrected chi connectivity index (χ2v) is 2.13. The summed E-state index contributed by atoms with van der Waals surface area (Å²) in [6.07, 6.45) is 0. The van der Waals surface area contributed by atoms with E-state index in [1.807, 2.05) is 0 Å². The molecule has 4 heteroatoms. The molecule has 0 heterocycles. The van der Waals surface area contributed by atoms with E-state index < -0.39 is 18.4 Å². The first-order chi connectivity index (χ1) is 3.92. The molecule has 0 aliphatic carbocycles. The molecule has 0 unspecified atom stereocenters. The van der Waals surface area contributed by atoms with Gasteiger partial charge in [-0.1, -0.05) is 0 Å². The first-order valence-electron chi connectivity index (χ1n) is 2.50. The van der Waals surface area contributed by atoms with E-state index in [-0.39, 0.29) is 0 Å². The Bertz CT molecular complexity index is 102. The van der Waals surface area contributed by atoms with Crippen LogP contribution in [0, 0.1) is 0 Å². The molecule has 0 amide bonds. The Morgan fingerprint density at radius 3 is 2.22 bits per heavy atom. The smallest absolute Gasteiger partial charge is 0.329 e. The quantitative estimate of drug-likeness (QED) is 0.525. The summed E-state index contributed by atoms with van der Waals surface area (Å²) in [7, 11) is 0. The van der Waals surface area contributed by atoms with E-state index in [0.29, 0.717) is 0 Å². The summed E-state index contributed by atoms with van der Waals surface area (Å²) in [6, 6.07) is 0. The molecule has 4 nitrogen and oxygen atoms in total. The van der Waals surface area contributed by atoms with Crippen molar-refractivity contribution in [3.05, 3.63) is 0 Å². The second-order valence-electron chi connectivity index (χ2n) is 2.13. The number of hydrogen-bond acceptors (Lipinski definition) is 3. The number of aliphatic carboxylic acids is 1. The average molecular weight is 134 g/mol. The highest BCUT2D eigenvalue weighted by atomic mass is 16.6. The highest BCUT2D eigenvalue weighted by Gasteiger charge is 2.13. The van der Waals surface area contributed by atoms with Gasteiger partial charge >= 0.3 is 5.97 Å². The Kier molecular flexibility index (Phi) is 2.61. The van der Waals surface area contributed by atoms with Crippen molar-refractivity contribution in [2.24, 2.45) is 0 Å². The molecule has 2 N–H and O–H groups in total. The lowest BCUT2D eigenvalue weighted by Gasteiger charge is -2.15. The third-order valence-corrected chi connectivity index (χ3v) is 0.549. The van der Waals surface area contributed by atoms with Crippen LogP contribution < -0.4 is 0 Å². The van der Waals surface area contributed by atoms with Crippen LogP contribution in [0.25, 0.3) is 0 Å². The molecule has 0 radical (unpaired) electrons. The van der Waals surface area contributed by atoms with Gasteiger partial charge in [0.15, 0.2) is 5.79 Å². The maximum Gasteiger partial charge on any atom is 0.329 e. The summed E-state index contributed by atoms with van der Waals surface area (Å²) < 4.78 is 4.45. The first kappa shape index (κ1) is 8.39. The van der Waals surface area contributed by atoms with E-state index >= 15 is 0 Å². The van der Waals surface area contributed by atoms with Gasteiger partial charge < -0.3 is 14.9 Å². The van der Waals surface area contributed by atoms with E-state index in [4.69, 9.17) is 10.2 Å². The van der Waals surface area contributed by atoms with Crippen LogP contribution in [0.1, 0.15) is 13.8 Å². The highest BCUT2D eigenvalue weighted by molar-refractivity contribution is 5.68. The van der Waals surface area contributed by atoms with E-state index in [2.05, 4.69) is 4.74 Å². The lowest BCUT2D eigenvalue weighted by Crippen LogP contribution is -2.26. The van der Waals surface area contributed by atoms with Crippen molar-refractivity contribution in [2.45, 2.75) is 19.6 Å². The molecule has 0 rings (SSSR count). The minimum atomic E-state index is -1.35. The maximum absolute atomic E-state index is 9.81. The summed E-state index contributed by atoms with van der Waals surface area (Å²) in [6.45, 7) is 2.27. The van der Waals surface area contributed by atoms with Gasteiger partial charge in [0.05, 0.1) is 0 Å². The van der Waals surface area contributed by atoms with Crippen molar-refractivity contribution in [3.8, 4) is 0 Å². The predicted octanol–water partition coefficient (Wildman–Crippen LogP) is -0.184. The van der Waals surface area contributed by atoms with Crippen LogP contribution in [0.3, 0.4) is 0 Å². The molecular formula is C5H10O4. The van der Waals surface area contributed by atoms with E-state index in [9.17, 15) is 4.79 Å². The molecule has 0 aliphatic rings. The zero-order valence-electron chi connectivity index (χ0n) is 5.42. The van der Waals surface area contributed by atoms with Crippen LogP contribution in [0.2, 0.25) is 0 Å². The normalized spacial score (nSPS) is 11.4. The number of carboxylic acid groups (broad SMARTS) is 1. The molecule has 0 aromatic carbocycles. The van der Waals surface area contributed by atoms with Gasteiger partial charge in [-0.05, 0) is 13.8 Å². The lowest BCUT2D eigenvalue weighted by molar-refractivity contribution is -0.189. The van der Waals surface area contributed by atoms with Crippen LogP contribution in [0.4, 0.5) is 0 Å². The Balaban J connectivity index is 3.39. The lowest BCUT2D eigenvalue weighted by atomic mass is 10.4. The number of carboxylic acids is 1. The fraction of sp³-hybridized carbons (Fsp3) is 0.800. The fourth-order valence-electron chi connectivity index (χ4n) is 0.238. The Morgan fingerprint density at radius 1 is 1.67 bits per heavy atom. The Hall–Kier alpha value is -0.610. The first-order valence-corrected chi connectivity index (χ1v) is 2.50. The SMILES string of the molecule is CC(C)(O)OCC(=O)O. The van der Waals surface area contributed by atoms with Gasteiger partial charge in [-0.2, -0.15) is 0 Å². The van der Waals surface area contributed by atoms with Crippen LogP contribution in [-0.4, -0.2) is 28.6 Å². The van der Waals surface area contributed by atoms with Gasteiger partial charge in [0.25, 0.3) is 0 Å². The number of aliphatic hydroxyl groups is 1. The summed E-state index contributed by atoms with van der Waals surface area (Å²) in [5, 5.41) is 16.8. The molecule has 0 saturated heterocycles. The number of hydrogen-bond donors (Lipinski definition) is 2. The Morgan fingerprint density at radius 2 is 2.11 bits per heavy atom. The van der Waals surface area contributed by atoms with Crippen LogP contribution in [0.15, 0.2) is 0 Å². The van der Waals surface area contributed by atoms with Gasteiger partial charge in [0, 0.05) is 0 Å². The average Bonchev–Trinajstić information content (AvgIpc) is 1.59. The van der Waals surface area contributed by atoms with Crippen molar-refractivity contribution >= 4 is 5.97 Å². The zero-order chi connectivity index (χ0) is 7.49. The highest BCUT2D eigenvalue weighted by Crippen LogP contribution is 2.01. The number of carbonyl (C=O) groups is 1.